The van der Waals surface area contributed by atoms with E-state index in [4.69, 9.17) is 0 Å². The third kappa shape index (κ3) is 2.29. The van der Waals surface area contributed by atoms with Crippen LogP contribution in [0.4, 0.5) is 0 Å². The molecule has 0 N–H and O–H groups in total. The van der Waals surface area contributed by atoms with E-state index in [-0.39, 0.29) is 0 Å². The first-order valence-electron chi connectivity index (χ1n) is 7.26. The molecule has 0 radical (unpaired) electrons. The Kier molecular flexibility index (Phi) is 3.77. The van der Waals surface area contributed by atoms with Gasteiger partial charge in [0.15, 0.2) is 0 Å². The van der Waals surface area contributed by atoms with Crippen molar-refractivity contribution >= 4 is 40.6 Å². The average molecular weight is 412 g/mol. The Bertz CT molecular complexity index is 924. The molecule has 2 heteroatoms. The molecule has 0 saturated heterocycles. The monoisotopic (exact) mass is 412 g/mol. The normalized spacial score (nSPS) is 11.8. The molecule has 0 saturated carbocycles. The molecule has 1 unspecified atom stereocenters. The van der Waals surface area contributed by atoms with E-state index < -0.39 is 7.53 Å². The summed E-state index contributed by atoms with van der Waals surface area (Å²) in [6.07, 6.45) is 0. The quantitative estimate of drug-likeness (QED) is 0.309. The highest BCUT2D eigenvalue weighted by Crippen LogP contribution is 2.58. The van der Waals surface area contributed by atoms with Crippen LogP contribution in [0.3, 0.4) is 0 Å². The van der Waals surface area contributed by atoms with Crippen molar-refractivity contribution < 1.29 is 0 Å². The largest absolute Gasteiger partial charge is 0.0761 e. The predicted octanol–water partition coefficient (Wildman–Crippen LogP) is 7.09. The predicted molar refractivity (Wildman–Crippen MR) is 106 cm³/mol. The Hall–Kier alpha value is -1.57. The Balaban J connectivity index is 2.14. The van der Waals surface area contributed by atoms with E-state index in [2.05, 4.69) is 108 Å². The van der Waals surface area contributed by atoms with E-state index in [0.717, 1.165) is 0 Å². The van der Waals surface area contributed by atoms with Gasteiger partial charge in [-0.3, -0.25) is 0 Å². The number of rotatable bonds is 2. The maximum absolute atomic E-state index is 2.53. The summed E-state index contributed by atoms with van der Waals surface area (Å²) in [6, 6.07) is 30.6. The lowest BCUT2D eigenvalue weighted by Crippen LogP contribution is -1.76. The van der Waals surface area contributed by atoms with Gasteiger partial charge < -0.3 is 0 Å². The lowest BCUT2D eigenvalue weighted by molar-refractivity contribution is 1.69. The molecule has 0 fully saturated rings. The zero-order valence-electron chi connectivity index (χ0n) is 11.9. The van der Waals surface area contributed by atoms with Crippen LogP contribution in [-0.2, 0) is 0 Å². The molecular weight excluding hydrogens is 398 g/mol. The van der Waals surface area contributed by atoms with E-state index in [1.54, 1.807) is 0 Å². The summed E-state index contributed by atoms with van der Waals surface area (Å²) in [7, 11) is -0.463. The molecule has 3 aromatic carbocycles. The highest BCUT2D eigenvalue weighted by atomic mass is 127. The molecule has 22 heavy (non-hydrogen) atoms. The van der Waals surface area contributed by atoms with Gasteiger partial charge in [0.25, 0.3) is 0 Å². The SMILES string of the molecule is Ic1c(-c2ccccc2)p(-c2ccccc2)c2ccccc12. The maximum Gasteiger partial charge on any atom is 0.0333 e. The van der Waals surface area contributed by atoms with Gasteiger partial charge in [0.05, 0.1) is 0 Å². The van der Waals surface area contributed by atoms with Crippen LogP contribution in [0.1, 0.15) is 0 Å². The molecule has 4 rings (SSSR count). The minimum Gasteiger partial charge on any atom is -0.0761 e. The standard InChI is InChI=1S/C20H14IP/c21-19-17-13-7-8-14-18(17)22(16-11-5-2-6-12-16)20(19)15-9-3-1-4-10-15/h1-14H. The highest BCUT2D eigenvalue weighted by Gasteiger charge is 2.18. The molecule has 0 aliphatic carbocycles. The van der Waals surface area contributed by atoms with E-state index in [1.165, 1.54) is 30.2 Å². The summed E-state index contributed by atoms with van der Waals surface area (Å²) in [6.45, 7) is 0. The van der Waals surface area contributed by atoms with Crippen molar-refractivity contribution in [1.29, 1.82) is 0 Å². The fourth-order valence-electron chi connectivity index (χ4n) is 2.90. The zero-order chi connectivity index (χ0) is 14.9. The molecule has 0 aliphatic rings. The van der Waals surface area contributed by atoms with Gasteiger partial charge in [0, 0.05) is 19.4 Å². The number of fused-ring (bicyclic) bond motifs is 1. The minimum absolute atomic E-state index is 0.463. The Morgan fingerprint density at radius 2 is 1.23 bits per heavy atom. The molecule has 4 aromatic rings. The summed E-state index contributed by atoms with van der Waals surface area (Å²) in [5.74, 6) is 0. The average Bonchev–Trinajstić information content (AvgIpc) is 2.90. The van der Waals surface area contributed by atoms with Gasteiger partial charge in [-0.1, -0.05) is 86.4 Å². The molecule has 106 valence electrons. The number of hydrogen-bond donors (Lipinski definition) is 0. The Labute approximate surface area is 145 Å². The first-order chi connectivity index (χ1) is 10.9. The minimum atomic E-state index is -0.463. The van der Waals surface area contributed by atoms with Gasteiger partial charge in [-0.15, -0.1) is 0 Å². The van der Waals surface area contributed by atoms with Crippen LogP contribution in [0.5, 0.6) is 0 Å². The number of hydrogen-bond acceptors (Lipinski definition) is 0. The molecule has 0 spiro atoms. The summed E-state index contributed by atoms with van der Waals surface area (Å²) in [5, 5.41) is 5.79. The van der Waals surface area contributed by atoms with Gasteiger partial charge in [0.2, 0.25) is 0 Å². The van der Waals surface area contributed by atoms with Crippen molar-refractivity contribution in [3.63, 3.8) is 0 Å². The number of benzene rings is 3. The molecule has 1 aromatic heterocycles. The summed E-state index contributed by atoms with van der Waals surface area (Å²) < 4.78 is 1.40. The van der Waals surface area contributed by atoms with Gasteiger partial charge >= 0.3 is 0 Å². The second-order valence-corrected chi connectivity index (χ2v) is 8.41. The molecule has 0 nitrogen and oxygen atoms in total. The van der Waals surface area contributed by atoms with Gasteiger partial charge in [-0.2, -0.15) is 0 Å². The van der Waals surface area contributed by atoms with Crippen molar-refractivity contribution in [1.82, 2.24) is 0 Å². The Morgan fingerprint density at radius 1 is 0.636 bits per heavy atom. The van der Waals surface area contributed by atoms with E-state index in [0.29, 0.717) is 0 Å². The molecule has 0 aliphatic heterocycles. The van der Waals surface area contributed by atoms with Crippen molar-refractivity contribution in [2.24, 2.45) is 0 Å². The van der Waals surface area contributed by atoms with Crippen molar-refractivity contribution in [3.8, 4) is 16.2 Å². The molecular formula is C20H14IP. The van der Waals surface area contributed by atoms with E-state index in [9.17, 15) is 0 Å². The maximum atomic E-state index is 2.53. The van der Waals surface area contributed by atoms with Gasteiger partial charge in [-0.05, 0) is 39.5 Å². The van der Waals surface area contributed by atoms with Gasteiger partial charge in [-0.25, -0.2) is 0 Å². The first-order valence-corrected chi connectivity index (χ1v) is 9.68. The molecule has 0 bridgehead atoms. The van der Waals surface area contributed by atoms with Crippen molar-refractivity contribution in [2.75, 3.05) is 0 Å². The van der Waals surface area contributed by atoms with E-state index in [1.807, 2.05) is 0 Å². The van der Waals surface area contributed by atoms with Crippen LogP contribution in [0, 0.1) is 3.57 Å². The molecule has 1 atom stereocenters. The van der Waals surface area contributed by atoms with Crippen LogP contribution < -0.4 is 0 Å². The fourth-order valence-corrected chi connectivity index (χ4v) is 7.25. The third-order valence-corrected chi connectivity index (χ3v) is 8.04. The molecule has 1 heterocycles. The van der Waals surface area contributed by atoms with Crippen LogP contribution in [0.15, 0.2) is 84.9 Å². The third-order valence-electron chi connectivity index (χ3n) is 3.87. The van der Waals surface area contributed by atoms with Gasteiger partial charge in [0.1, 0.15) is 0 Å². The smallest absolute Gasteiger partial charge is 0.0333 e. The fraction of sp³-hybridized carbons (Fsp3) is 0. The first kappa shape index (κ1) is 14.0. The summed E-state index contributed by atoms with van der Waals surface area (Å²) in [4.78, 5) is 0. The Morgan fingerprint density at radius 3 is 1.95 bits per heavy atom. The highest BCUT2D eigenvalue weighted by molar-refractivity contribution is 14.1. The second kappa shape index (κ2) is 5.91. The second-order valence-electron chi connectivity index (χ2n) is 5.22. The summed E-state index contributed by atoms with van der Waals surface area (Å²) >= 11 is 2.53. The zero-order valence-corrected chi connectivity index (χ0v) is 15.0. The van der Waals surface area contributed by atoms with Crippen LogP contribution >= 0.6 is 30.1 Å². The number of halogens is 1. The lowest BCUT2D eigenvalue weighted by atomic mass is 10.1. The van der Waals surface area contributed by atoms with Crippen molar-refractivity contribution in [2.45, 2.75) is 0 Å². The van der Waals surface area contributed by atoms with Crippen LogP contribution in [-0.4, -0.2) is 0 Å². The van der Waals surface area contributed by atoms with Crippen molar-refractivity contribution in [3.05, 3.63) is 88.5 Å². The topological polar surface area (TPSA) is 0 Å². The summed E-state index contributed by atoms with van der Waals surface area (Å²) in [5.41, 5.74) is 1.35. The van der Waals surface area contributed by atoms with Crippen LogP contribution in [0.2, 0.25) is 0 Å². The molecule has 0 amide bonds. The van der Waals surface area contributed by atoms with Crippen LogP contribution in [0.25, 0.3) is 26.7 Å². The lowest BCUT2D eigenvalue weighted by Gasteiger charge is -2.08. The van der Waals surface area contributed by atoms with E-state index >= 15 is 0 Å².